The van der Waals surface area contributed by atoms with E-state index in [0.717, 1.165) is 24.2 Å². The number of amides is 2. The number of hydrogen-bond acceptors (Lipinski definition) is 4. The Balaban J connectivity index is 1.57. The quantitative estimate of drug-likeness (QED) is 0.893. The first kappa shape index (κ1) is 17.0. The molecule has 0 saturated carbocycles. The van der Waals surface area contributed by atoms with Crippen molar-refractivity contribution in [2.45, 2.75) is 25.8 Å². The zero-order chi connectivity index (χ0) is 17.6. The summed E-state index contributed by atoms with van der Waals surface area (Å²) in [7, 11) is 0. The van der Waals surface area contributed by atoms with Gasteiger partial charge in [-0.25, -0.2) is 9.78 Å². The van der Waals surface area contributed by atoms with Crippen LogP contribution in [0.15, 0.2) is 36.7 Å². The molecule has 1 aromatic heterocycles. The van der Waals surface area contributed by atoms with E-state index in [1.165, 1.54) is 0 Å². The lowest BCUT2D eigenvalue weighted by molar-refractivity contribution is 0.0860. The van der Waals surface area contributed by atoms with Gasteiger partial charge in [0.05, 0.1) is 6.61 Å². The molecule has 2 N–H and O–H groups in total. The van der Waals surface area contributed by atoms with Crippen molar-refractivity contribution in [3.05, 3.63) is 42.2 Å². The number of hydrogen-bond donors (Lipinski definition) is 2. The Morgan fingerprint density at radius 3 is 2.84 bits per heavy atom. The van der Waals surface area contributed by atoms with Crippen LogP contribution >= 0.6 is 0 Å². The van der Waals surface area contributed by atoms with Crippen molar-refractivity contribution in [2.75, 3.05) is 19.7 Å². The van der Waals surface area contributed by atoms with Gasteiger partial charge in [-0.1, -0.05) is 12.1 Å². The normalized spacial score (nSPS) is 15.0. The van der Waals surface area contributed by atoms with E-state index >= 15 is 0 Å². The summed E-state index contributed by atoms with van der Waals surface area (Å²) >= 11 is 0. The van der Waals surface area contributed by atoms with Crippen LogP contribution in [0.2, 0.25) is 0 Å². The maximum atomic E-state index is 12.5. The van der Waals surface area contributed by atoms with Gasteiger partial charge in [-0.2, -0.15) is 0 Å². The molecule has 25 heavy (non-hydrogen) atoms. The molecule has 1 aliphatic rings. The van der Waals surface area contributed by atoms with Crippen LogP contribution in [0.1, 0.15) is 30.1 Å². The number of ether oxygens (including phenoxy) is 1. The van der Waals surface area contributed by atoms with Crippen molar-refractivity contribution in [1.29, 1.82) is 0 Å². The van der Waals surface area contributed by atoms with E-state index in [9.17, 15) is 9.59 Å². The van der Waals surface area contributed by atoms with Gasteiger partial charge in [-0.05, 0) is 31.9 Å². The first-order valence-corrected chi connectivity index (χ1v) is 8.49. The Hall–Kier alpha value is -2.83. The van der Waals surface area contributed by atoms with Crippen molar-refractivity contribution >= 4 is 12.0 Å². The topological polar surface area (TPSA) is 87.3 Å². The number of nitrogens with zero attached hydrogens (tertiary/aromatic N) is 2. The summed E-state index contributed by atoms with van der Waals surface area (Å²) < 4.78 is 5.01. The summed E-state index contributed by atoms with van der Waals surface area (Å²) in [5.41, 5.74) is 1.47. The maximum absolute atomic E-state index is 12.5. The molecule has 0 radical (unpaired) electrons. The highest BCUT2D eigenvalue weighted by Gasteiger charge is 2.24. The summed E-state index contributed by atoms with van der Waals surface area (Å²) in [6.45, 7) is 3.36. The fourth-order valence-corrected chi connectivity index (χ4v) is 2.92. The van der Waals surface area contributed by atoms with Crippen LogP contribution in [-0.4, -0.2) is 52.6 Å². The highest BCUT2D eigenvalue weighted by Crippen LogP contribution is 2.17. The molecule has 2 amide bonds. The molecule has 1 fully saturated rings. The van der Waals surface area contributed by atoms with Gasteiger partial charge < -0.3 is 19.9 Å². The zero-order valence-electron chi connectivity index (χ0n) is 14.2. The van der Waals surface area contributed by atoms with Gasteiger partial charge in [-0.15, -0.1) is 0 Å². The minimum atomic E-state index is -0.279. The third kappa shape index (κ3) is 4.17. The van der Waals surface area contributed by atoms with Crippen LogP contribution in [0.25, 0.3) is 11.4 Å². The Bertz CT molecular complexity index is 722. The third-order valence-corrected chi connectivity index (χ3v) is 4.25. The number of imidazole rings is 1. The molecular weight excluding hydrogens is 320 g/mol. The summed E-state index contributed by atoms with van der Waals surface area (Å²) in [5.74, 6) is 0.625. The maximum Gasteiger partial charge on any atom is 0.409 e. The van der Waals surface area contributed by atoms with Gasteiger partial charge in [0.15, 0.2) is 0 Å². The van der Waals surface area contributed by atoms with Gasteiger partial charge in [0, 0.05) is 42.7 Å². The van der Waals surface area contributed by atoms with E-state index in [2.05, 4.69) is 15.3 Å². The Kier molecular flexibility index (Phi) is 5.33. The number of carbonyl (C=O) groups excluding carboxylic acids is 2. The molecule has 3 rings (SSSR count). The van der Waals surface area contributed by atoms with Crippen LogP contribution in [0.5, 0.6) is 0 Å². The number of aromatic amines is 1. The number of aromatic nitrogens is 2. The van der Waals surface area contributed by atoms with Crippen molar-refractivity contribution in [2.24, 2.45) is 0 Å². The van der Waals surface area contributed by atoms with Crippen molar-refractivity contribution in [1.82, 2.24) is 20.2 Å². The second-order valence-corrected chi connectivity index (χ2v) is 5.95. The summed E-state index contributed by atoms with van der Waals surface area (Å²) in [6.07, 6.45) is 4.60. The molecule has 2 heterocycles. The summed E-state index contributed by atoms with van der Waals surface area (Å²) in [6, 6.07) is 7.42. The highest BCUT2D eigenvalue weighted by molar-refractivity contribution is 5.95. The smallest absolute Gasteiger partial charge is 0.409 e. The van der Waals surface area contributed by atoms with Gasteiger partial charge in [0.2, 0.25) is 0 Å². The molecule has 0 unspecified atom stereocenters. The van der Waals surface area contributed by atoms with Crippen LogP contribution in [0, 0.1) is 0 Å². The van der Waals surface area contributed by atoms with Gasteiger partial charge in [0.1, 0.15) is 5.82 Å². The molecule has 1 aliphatic heterocycles. The Morgan fingerprint density at radius 1 is 1.36 bits per heavy atom. The highest BCUT2D eigenvalue weighted by atomic mass is 16.6. The number of carbonyl (C=O) groups is 2. The molecule has 7 heteroatoms. The van der Waals surface area contributed by atoms with Crippen molar-refractivity contribution < 1.29 is 14.3 Å². The summed E-state index contributed by atoms with van der Waals surface area (Å²) in [5, 5.41) is 3.05. The molecule has 2 aromatic rings. The zero-order valence-corrected chi connectivity index (χ0v) is 14.2. The molecule has 7 nitrogen and oxygen atoms in total. The Labute approximate surface area is 146 Å². The van der Waals surface area contributed by atoms with Crippen LogP contribution in [0.4, 0.5) is 4.79 Å². The van der Waals surface area contributed by atoms with Crippen LogP contribution in [-0.2, 0) is 4.74 Å². The predicted molar refractivity (Wildman–Crippen MR) is 93.1 cm³/mol. The fourth-order valence-electron chi connectivity index (χ4n) is 2.92. The Morgan fingerprint density at radius 2 is 2.16 bits per heavy atom. The lowest BCUT2D eigenvalue weighted by Crippen LogP contribution is -2.46. The first-order chi connectivity index (χ1) is 12.2. The molecule has 0 spiro atoms. The largest absolute Gasteiger partial charge is 0.450 e. The van der Waals surface area contributed by atoms with E-state index in [0.29, 0.717) is 25.3 Å². The monoisotopic (exact) mass is 342 g/mol. The molecular formula is C18H22N4O3. The SMILES string of the molecule is CCOC(=O)N1CCC(NC(=O)c2cccc(-c3ncc[nH]3)c2)CC1. The number of rotatable bonds is 4. The molecule has 1 saturated heterocycles. The third-order valence-electron chi connectivity index (χ3n) is 4.25. The van der Waals surface area contributed by atoms with E-state index in [-0.39, 0.29) is 18.0 Å². The molecule has 0 bridgehead atoms. The first-order valence-electron chi connectivity index (χ1n) is 8.49. The molecule has 0 atom stereocenters. The standard InChI is InChI=1S/C18H22N4O3/c1-2-25-18(24)22-10-6-15(7-11-22)21-17(23)14-5-3-4-13(12-14)16-19-8-9-20-16/h3-5,8-9,12,15H,2,6-7,10-11H2,1H3,(H,19,20)(H,21,23). The number of H-pyrrole nitrogens is 1. The molecule has 1 aromatic carbocycles. The minimum Gasteiger partial charge on any atom is -0.450 e. The van der Waals surface area contributed by atoms with E-state index in [1.807, 2.05) is 18.2 Å². The average molecular weight is 342 g/mol. The summed E-state index contributed by atoms with van der Waals surface area (Å²) in [4.78, 5) is 33.1. The van der Waals surface area contributed by atoms with Gasteiger partial charge in [-0.3, -0.25) is 4.79 Å². The molecule has 132 valence electrons. The lowest BCUT2D eigenvalue weighted by atomic mass is 10.0. The number of nitrogens with one attached hydrogen (secondary N) is 2. The van der Waals surface area contributed by atoms with Gasteiger partial charge in [0.25, 0.3) is 5.91 Å². The van der Waals surface area contributed by atoms with E-state index in [4.69, 9.17) is 4.74 Å². The number of piperidine rings is 1. The predicted octanol–water partition coefficient (Wildman–Crippen LogP) is 2.43. The van der Waals surface area contributed by atoms with E-state index in [1.54, 1.807) is 30.3 Å². The van der Waals surface area contributed by atoms with E-state index < -0.39 is 0 Å². The van der Waals surface area contributed by atoms with Crippen LogP contribution in [0.3, 0.4) is 0 Å². The number of likely N-dealkylation sites (tertiary alicyclic amines) is 1. The van der Waals surface area contributed by atoms with Crippen molar-refractivity contribution in [3.63, 3.8) is 0 Å². The number of benzene rings is 1. The second-order valence-electron chi connectivity index (χ2n) is 5.95. The van der Waals surface area contributed by atoms with Crippen molar-refractivity contribution in [3.8, 4) is 11.4 Å². The second kappa shape index (κ2) is 7.83. The average Bonchev–Trinajstić information content (AvgIpc) is 3.17. The van der Waals surface area contributed by atoms with Crippen LogP contribution < -0.4 is 5.32 Å². The molecule has 0 aliphatic carbocycles. The lowest BCUT2D eigenvalue weighted by Gasteiger charge is -2.31. The minimum absolute atomic E-state index is 0.0606. The fraction of sp³-hybridized carbons (Fsp3) is 0.389. The van der Waals surface area contributed by atoms with Gasteiger partial charge >= 0.3 is 6.09 Å².